The second-order valence-electron chi connectivity index (χ2n) is 1.22. The van der Waals surface area contributed by atoms with Crippen LogP contribution in [0.4, 0.5) is 0 Å². The third-order valence-electron chi connectivity index (χ3n) is 0. The van der Waals surface area contributed by atoms with E-state index in [1.807, 2.05) is 0 Å². The summed E-state index contributed by atoms with van der Waals surface area (Å²) < 4.78 is 8.88. The third-order valence-corrected chi connectivity index (χ3v) is 0. The van der Waals surface area contributed by atoms with Crippen LogP contribution in [-0.2, 0) is 4.57 Å². The topological polar surface area (TPSA) is 77.8 Å². The van der Waals surface area contributed by atoms with Crippen LogP contribution in [0.15, 0.2) is 0 Å². The highest BCUT2D eigenvalue weighted by molar-refractivity contribution is 7.45. The second-order valence-corrected chi connectivity index (χ2v) is 3.66. The summed E-state index contributed by atoms with van der Waals surface area (Å²) in [6, 6.07) is 0. The molecule has 0 aromatic heterocycles. The highest BCUT2D eigenvalue weighted by atomic mass is 31.2. The van der Waals surface area contributed by atoms with E-state index in [1.165, 1.54) is 0 Å². The minimum absolute atomic E-state index is 0.417. The molecule has 0 aliphatic carbocycles. The molecule has 0 rings (SSSR count). The van der Waals surface area contributed by atoms with E-state index in [9.17, 15) is 0 Å². The molecule has 0 saturated carbocycles. The predicted octanol–water partition coefficient (Wildman–Crippen LogP) is -0.142. The summed E-state index contributed by atoms with van der Waals surface area (Å²) in [6.07, 6.45) is 0. The van der Waals surface area contributed by atoms with E-state index in [0.29, 0.717) is 20.4 Å². The van der Waals surface area contributed by atoms with Crippen molar-refractivity contribution in [2.75, 3.05) is 0 Å². The van der Waals surface area contributed by atoms with E-state index in [2.05, 4.69) is 10.1 Å². The lowest BCUT2D eigenvalue weighted by molar-refractivity contribution is 0.275. The Hall–Kier alpha value is 0.876. The van der Waals surface area contributed by atoms with Crippen molar-refractivity contribution in [2.24, 2.45) is 0 Å². The van der Waals surface area contributed by atoms with Gasteiger partial charge in [-0.1, -0.05) is 0 Å². The van der Waals surface area contributed by atoms with Crippen molar-refractivity contribution in [1.29, 1.82) is 0 Å². The Morgan fingerprint density at radius 1 is 1.25 bits per heavy atom. The van der Waals surface area contributed by atoms with Crippen LogP contribution in [0.1, 0.15) is 0 Å². The van der Waals surface area contributed by atoms with Gasteiger partial charge in [0.25, 0.3) is 0 Å². The number of phosphoric acid groups is 1. The minimum Gasteiger partial charge on any atom is -0.303 e. The summed E-state index contributed by atoms with van der Waals surface area (Å²) >= 11 is 0.417. The number of hydrogen-bond donors (Lipinski definition) is 3. The van der Waals surface area contributed by atoms with Crippen LogP contribution in [0, 0.1) is 0 Å². The summed E-state index contributed by atoms with van der Waals surface area (Å²) in [7, 11) is -4.64. The first-order chi connectivity index (χ1) is 3.41. The van der Waals surface area contributed by atoms with Crippen molar-refractivity contribution in [2.45, 2.75) is 10.1 Å². The molecule has 0 fully saturated rings. The molecule has 0 radical (unpaired) electrons. The number of rotatable bonds is 0. The van der Waals surface area contributed by atoms with Gasteiger partial charge in [-0.15, -0.1) is 0 Å². The van der Waals surface area contributed by atoms with Gasteiger partial charge in [-0.2, -0.15) is 10.1 Å². The molecule has 0 unspecified atom stereocenters. The molecular formula is C2H9MgO4P. The van der Waals surface area contributed by atoms with Crippen molar-refractivity contribution in [3.63, 3.8) is 0 Å². The van der Waals surface area contributed by atoms with Gasteiger partial charge in [0.05, 0.1) is 0 Å². The molecule has 0 atom stereocenters. The van der Waals surface area contributed by atoms with Crippen LogP contribution in [0.2, 0.25) is 10.1 Å². The standard InChI is InChI=1S/2CH3.Mg.H3O4P/c;;;1-5(2,3)4/h2*1H3;;(H3,1,2,3,4). The van der Waals surface area contributed by atoms with Crippen molar-refractivity contribution in [3.8, 4) is 0 Å². The van der Waals surface area contributed by atoms with Crippen molar-refractivity contribution in [1.82, 2.24) is 0 Å². The molecule has 3 N–H and O–H groups in total. The monoisotopic (exact) mass is 152 g/mol. The van der Waals surface area contributed by atoms with Crippen molar-refractivity contribution >= 4 is 28.2 Å². The summed E-state index contributed by atoms with van der Waals surface area (Å²) in [6.45, 7) is 0. The molecule has 0 amide bonds. The predicted molar refractivity (Wildman–Crippen MR) is 31.7 cm³/mol. The Morgan fingerprint density at radius 3 is 1.25 bits per heavy atom. The molecule has 0 aliphatic rings. The highest BCUT2D eigenvalue weighted by Crippen LogP contribution is 2.25. The largest absolute Gasteiger partial charge is 0.466 e. The van der Waals surface area contributed by atoms with E-state index in [1.54, 1.807) is 0 Å². The van der Waals surface area contributed by atoms with E-state index in [-0.39, 0.29) is 0 Å². The maximum absolute atomic E-state index is 8.88. The Kier molecular flexibility index (Phi) is 8.74. The van der Waals surface area contributed by atoms with E-state index in [4.69, 9.17) is 19.2 Å². The van der Waals surface area contributed by atoms with E-state index >= 15 is 0 Å². The van der Waals surface area contributed by atoms with Gasteiger partial charge in [-0.3, -0.25) is 0 Å². The highest BCUT2D eigenvalue weighted by Gasteiger charge is 2.00. The normalized spacial score (nSPS) is 8.62. The second kappa shape index (κ2) is 6.00. The zero-order valence-electron chi connectivity index (χ0n) is 4.90. The van der Waals surface area contributed by atoms with Gasteiger partial charge >= 0.3 is 28.2 Å². The molecule has 8 heavy (non-hydrogen) atoms. The van der Waals surface area contributed by atoms with Crippen LogP contribution in [0.5, 0.6) is 0 Å². The van der Waals surface area contributed by atoms with Gasteiger partial charge in [0, 0.05) is 0 Å². The fourth-order valence-electron chi connectivity index (χ4n) is 0. The fraction of sp³-hybridized carbons (Fsp3) is 1.00. The SMILES string of the molecule is O=P(O)(O)O.[CH3][Mg][CH3]. The molecule has 0 aromatic rings. The van der Waals surface area contributed by atoms with Crippen LogP contribution in [-0.4, -0.2) is 35.0 Å². The lowest BCUT2D eigenvalue weighted by Gasteiger charge is -1.82. The minimum atomic E-state index is -4.64. The molecular weight excluding hydrogens is 143 g/mol. The maximum atomic E-state index is 8.88. The van der Waals surface area contributed by atoms with Crippen molar-refractivity contribution in [3.05, 3.63) is 0 Å². The summed E-state index contributed by atoms with van der Waals surface area (Å²) in [4.78, 5) is 21.6. The van der Waals surface area contributed by atoms with Crippen LogP contribution in [0.3, 0.4) is 0 Å². The average molecular weight is 152 g/mol. The van der Waals surface area contributed by atoms with Crippen LogP contribution in [0.25, 0.3) is 0 Å². The average Bonchev–Trinajstić information content (AvgIpc) is 1.27. The van der Waals surface area contributed by atoms with Gasteiger partial charge in [-0.05, 0) is 0 Å². The third kappa shape index (κ3) is 309. The smallest absolute Gasteiger partial charge is 0.303 e. The molecule has 6 heteroatoms. The van der Waals surface area contributed by atoms with Crippen LogP contribution < -0.4 is 0 Å². The van der Waals surface area contributed by atoms with Gasteiger partial charge in [0.2, 0.25) is 0 Å². The Morgan fingerprint density at radius 2 is 1.25 bits per heavy atom. The Bertz CT molecular complexity index is 69.8. The summed E-state index contributed by atoms with van der Waals surface area (Å²) in [5.41, 5.74) is 0. The van der Waals surface area contributed by atoms with E-state index in [0.717, 1.165) is 0 Å². The molecule has 0 spiro atoms. The fourth-order valence-corrected chi connectivity index (χ4v) is 0. The maximum Gasteiger partial charge on any atom is 0.466 e. The van der Waals surface area contributed by atoms with Crippen molar-refractivity contribution < 1.29 is 19.2 Å². The zero-order chi connectivity index (χ0) is 7.21. The first kappa shape index (κ1) is 11.6. The first-order valence-electron chi connectivity index (χ1n) is 2.20. The summed E-state index contributed by atoms with van der Waals surface area (Å²) in [5.74, 6) is 0. The Balaban J connectivity index is 0. The molecule has 4 nitrogen and oxygen atoms in total. The Labute approximate surface area is 57.9 Å². The van der Waals surface area contributed by atoms with Gasteiger partial charge in [0.15, 0.2) is 0 Å². The quantitative estimate of drug-likeness (QED) is 0.333. The lowest BCUT2D eigenvalue weighted by atomic mass is 11.9. The first-order valence-corrected chi connectivity index (χ1v) is 6.59. The molecule has 0 aliphatic heterocycles. The molecule has 0 saturated heterocycles. The van der Waals surface area contributed by atoms with Gasteiger partial charge in [-0.25, -0.2) is 4.57 Å². The molecule has 48 valence electrons. The summed E-state index contributed by atoms with van der Waals surface area (Å²) in [5, 5.41) is 4.53. The zero-order valence-corrected chi connectivity index (χ0v) is 7.21. The number of hydrogen-bond acceptors (Lipinski definition) is 1. The van der Waals surface area contributed by atoms with Gasteiger partial charge in [0.1, 0.15) is 0 Å². The lowest BCUT2D eigenvalue weighted by Crippen LogP contribution is -1.66. The molecule has 0 aromatic carbocycles. The van der Waals surface area contributed by atoms with Gasteiger partial charge < -0.3 is 14.7 Å². The van der Waals surface area contributed by atoms with Crippen LogP contribution >= 0.6 is 7.82 Å². The molecule has 0 heterocycles. The van der Waals surface area contributed by atoms with E-state index < -0.39 is 7.82 Å². The molecule has 0 bridgehead atoms.